The second kappa shape index (κ2) is 3.40. The minimum Gasteiger partial charge on any atom is -0.486 e. The monoisotopic (exact) mass is 221 g/mol. The summed E-state index contributed by atoms with van der Waals surface area (Å²) in [6.07, 6.45) is -0.0250. The van der Waals surface area contributed by atoms with Crippen LogP contribution in [0, 0.1) is 0 Å². The minimum absolute atomic E-state index is 0.0250. The normalized spacial score (nSPS) is 19.4. The Morgan fingerprint density at radius 2 is 2.33 bits per heavy atom. The Hall–Kier alpha value is -1.26. The Morgan fingerprint density at radius 1 is 1.40 bits per heavy atom. The molecule has 3 nitrogen and oxygen atoms in total. The zero-order valence-corrected chi connectivity index (χ0v) is 8.92. The number of ether oxygens (including phenoxy) is 2. The molecule has 78 valence electrons. The summed E-state index contributed by atoms with van der Waals surface area (Å²) in [5.74, 6) is 1.67. The molecule has 1 unspecified atom stereocenters. The van der Waals surface area contributed by atoms with Gasteiger partial charge in [0.1, 0.15) is 12.7 Å². The van der Waals surface area contributed by atoms with Crippen molar-refractivity contribution in [1.82, 2.24) is 0 Å². The molecule has 2 aromatic rings. The maximum Gasteiger partial charge on any atom is 0.170 e. The molecule has 4 heteroatoms. The van der Waals surface area contributed by atoms with E-state index in [1.807, 2.05) is 6.07 Å². The maximum absolute atomic E-state index is 5.81. The average Bonchev–Trinajstić information content (AvgIpc) is 2.76. The van der Waals surface area contributed by atoms with Gasteiger partial charge >= 0.3 is 0 Å². The molecule has 1 aliphatic rings. The van der Waals surface area contributed by atoms with Gasteiger partial charge in [0.15, 0.2) is 11.5 Å². The molecule has 3 rings (SSSR count). The molecule has 15 heavy (non-hydrogen) atoms. The Labute approximate surface area is 91.4 Å². The van der Waals surface area contributed by atoms with Gasteiger partial charge in [0, 0.05) is 16.6 Å². The SMILES string of the molecule is NCC1COc2ccc3sccc3c2O1. The van der Waals surface area contributed by atoms with Gasteiger partial charge in [0.2, 0.25) is 0 Å². The highest BCUT2D eigenvalue weighted by atomic mass is 32.1. The fraction of sp³-hybridized carbons (Fsp3) is 0.273. The lowest BCUT2D eigenvalue weighted by molar-refractivity contribution is 0.0990. The molecule has 2 heterocycles. The number of hydrogen-bond donors (Lipinski definition) is 1. The standard InChI is InChI=1S/C11H11NO2S/c12-5-7-6-13-9-1-2-10-8(3-4-15-10)11(9)14-7/h1-4,7H,5-6,12H2. The molecule has 0 aliphatic carbocycles. The summed E-state index contributed by atoms with van der Waals surface area (Å²) in [5.41, 5.74) is 5.58. The van der Waals surface area contributed by atoms with Crippen LogP contribution < -0.4 is 15.2 Å². The van der Waals surface area contributed by atoms with E-state index in [0.29, 0.717) is 13.2 Å². The van der Waals surface area contributed by atoms with E-state index in [1.54, 1.807) is 11.3 Å². The van der Waals surface area contributed by atoms with Gasteiger partial charge in [-0.15, -0.1) is 11.3 Å². The largest absolute Gasteiger partial charge is 0.486 e. The summed E-state index contributed by atoms with van der Waals surface area (Å²) in [6.45, 7) is 1.03. The number of hydrogen-bond acceptors (Lipinski definition) is 4. The molecule has 0 amide bonds. The lowest BCUT2D eigenvalue weighted by Crippen LogP contribution is -2.35. The second-order valence-corrected chi connectivity index (χ2v) is 4.46. The lowest BCUT2D eigenvalue weighted by atomic mass is 10.2. The van der Waals surface area contributed by atoms with E-state index < -0.39 is 0 Å². The minimum atomic E-state index is -0.0250. The van der Waals surface area contributed by atoms with Crippen molar-refractivity contribution in [2.24, 2.45) is 5.73 Å². The number of fused-ring (bicyclic) bond motifs is 3. The van der Waals surface area contributed by atoms with Crippen LogP contribution in [0.4, 0.5) is 0 Å². The molecule has 0 saturated heterocycles. The molecule has 0 saturated carbocycles. The predicted octanol–water partition coefficient (Wildman–Crippen LogP) is 2.00. The highest BCUT2D eigenvalue weighted by molar-refractivity contribution is 7.17. The summed E-state index contributed by atoms with van der Waals surface area (Å²) in [7, 11) is 0. The van der Waals surface area contributed by atoms with E-state index >= 15 is 0 Å². The van der Waals surface area contributed by atoms with Crippen LogP contribution in [0.15, 0.2) is 23.6 Å². The van der Waals surface area contributed by atoms with Crippen molar-refractivity contribution >= 4 is 21.4 Å². The van der Waals surface area contributed by atoms with Gasteiger partial charge in [-0.3, -0.25) is 0 Å². The molecular weight excluding hydrogens is 210 g/mol. The maximum atomic E-state index is 5.81. The first-order valence-corrected chi connectivity index (χ1v) is 5.76. The van der Waals surface area contributed by atoms with Crippen molar-refractivity contribution in [2.75, 3.05) is 13.2 Å². The van der Waals surface area contributed by atoms with Crippen LogP contribution in [0.2, 0.25) is 0 Å². The molecule has 2 N–H and O–H groups in total. The first-order valence-electron chi connectivity index (χ1n) is 4.88. The fourth-order valence-electron chi connectivity index (χ4n) is 1.73. The molecule has 1 aromatic heterocycles. The second-order valence-electron chi connectivity index (χ2n) is 3.51. The van der Waals surface area contributed by atoms with Crippen molar-refractivity contribution in [3.8, 4) is 11.5 Å². The van der Waals surface area contributed by atoms with Gasteiger partial charge in [0.25, 0.3) is 0 Å². The van der Waals surface area contributed by atoms with Gasteiger partial charge in [-0.25, -0.2) is 0 Å². The molecule has 0 bridgehead atoms. The van der Waals surface area contributed by atoms with Crippen molar-refractivity contribution in [3.63, 3.8) is 0 Å². The summed E-state index contributed by atoms with van der Waals surface area (Å²) in [5, 5.41) is 3.18. The first kappa shape index (κ1) is 9.00. The number of rotatable bonds is 1. The first-order chi connectivity index (χ1) is 7.38. The quantitative estimate of drug-likeness (QED) is 0.801. The zero-order valence-electron chi connectivity index (χ0n) is 8.10. The van der Waals surface area contributed by atoms with Gasteiger partial charge in [-0.05, 0) is 23.6 Å². The predicted molar refractivity (Wildman–Crippen MR) is 60.8 cm³/mol. The summed E-state index contributed by atoms with van der Waals surface area (Å²) in [4.78, 5) is 0. The Balaban J connectivity index is 2.15. The molecule has 0 spiro atoms. The third-order valence-electron chi connectivity index (χ3n) is 2.52. The van der Waals surface area contributed by atoms with E-state index in [0.717, 1.165) is 16.9 Å². The molecule has 1 atom stereocenters. The molecule has 1 aliphatic heterocycles. The Bertz CT molecular complexity index is 494. The van der Waals surface area contributed by atoms with Gasteiger partial charge in [-0.1, -0.05) is 0 Å². The topological polar surface area (TPSA) is 44.5 Å². The van der Waals surface area contributed by atoms with Crippen LogP contribution in [-0.2, 0) is 0 Å². The van der Waals surface area contributed by atoms with E-state index in [9.17, 15) is 0 Å². The number of benzene rings is 1. The van der Waals surface area contributed by atoms with Crippen LogP contribution >= 0.6 is 11.3 Å². The van der Waals surface area contributed by atoms with Crippen molar-refractivity contribution in [1.29, 1.82) is 0 Å². The number of thiophene rings is 1. The molecule has 1 aromatic carbocycles. The third-order valence-corrected chi connectivity index (χ3v) is 3.40. The smallest absolute Gasteiger partial charge is 0.170 e. The van der Waals surface area contributed by atoms with E-state index in [4.69, 9.17) is 15.2 Å². The van der Waals surface area contributed by atoms with Crippen LogP contribution in [-0.4, -0.2) is 19.3 Å². The fourth-order valence-corrected chi connectivity index (χ4v) is 2.52. The summed E-state index contributed by atoms with van der Waals surface area (Å²) in [6, 6.07) is 6.08. The van der Waals surface area contributed by atoms with Gasteiger partial charge in [0.05, 0.1) is 0 Å². The molecular formula is C11H11NO2S. The van der Waals surface area contributed by atoms with E-state index in [1.165, 1.54) is 4.70 Å². The van der Waals surface area contributed by atoms with Gasteiger partial charge < -0.3 is 15.2 Å². The Morgan fingerprint density at radius 3 is 3.20 bits per heavy atom. The molecule has 0 radical (unpaired) electrons. The van der Waals surface area contributed by atoms with Crippen molar-refractivity contribution < 1.29 is 9.47 Å². The summed E-state index contributed by atoms with van der Waals surface area (Å²) >= 11 is 1.70. The highest BCUT2D eigenvalue weighted by Gasteiger charge is 2.21. The van der Waals surface area contributed by atoms with E-state index in [2.05, 4.69) is 17.5 Å². The zero-order chi connectivity index (χ0) is 10.3. The van der Waals surface area contributed by atoms with Crippen molar-refractivity contribution in [2.45, 2.75) is 6.10 Å². The molecule has 0 fully saturated rings. The van der Waals surface area contributed by atoms with Crippen LogP contribution in [0.1, 0.15) is 0 Å². The Kier molecular flexibility index (Phi) is 2.04. The van der Waals surface area contributed by atoms with E-state index in [-0.39, 0.29) is 6.10 Å². The van der Waals surface area contributed by atoms with Crippen LogP contribution in [0.5, 0.6) is 11.5 Å². The van der Waals surface area contributed by atoms with Crippen LogP contribution in [0.3, 0.4) is 0 Å². The average molecular weight is 221 g/mol. The van der Waals surface area contributed by atoms with Crippen molar-refractivity contribution in [3.05, 3.63) is 23.6 Å². The highest BCUT2D eigenvalue weighted by Crippen LogP contribution is 2.40. The van der Waals surface area contributed by atoms with Gasteiger partial charge in [-0.2, -0.15) is 0 Å². The third kappa shape index (κ3) is 1.37. The lowest BCUT2D eigenvalue weighted by Gasteiger charge is -2.25. The summed E-state index contributed by atoms with van der Waals surface area (Å²) < 4.78 is 12.6. The number of nitrogens with two attached hydrogens (primary N) is 1. The van der Waals surface area contributed by atoms with Crippen LogP contribution in [0.25, 0.3) is 10.1 Å².